The van der Waals surface area contributed by atoms with E-state index in [4.69, 9.17) is 6.57 Å². The molecule has 1 N–H and O–H groups in total. The molecule has 0 spiro atoms. The van der Waals surface area contributed by atoms with Gasteiger partial charge in [-0.2, -0.15) is 5.10 Å². The quantitative estimate of drug-likeness (QED) is 0.705. The van der Waals surface area contributed by atoms with Crippen LogP contribution in [0.15, 0.2) is 48.8 Å². The zero-order valence-corrected chi connectivity index (χ0v) is 15.0. The van der Waals surface area contributed by atoms with Crippen LogP contribution in [0.25, 0.3) is 10.5 Å². The topological polar surface area (TPSA) is 63.6 Å². The number of fused-ring (bicyclic) bond motifs is 1. The first-order chi connectivity index (χ1) is 13.2. The fraction of sp³-hybridized carbons (Fsp3) is 0.333. The molecule has 2 heterocycles. The first-order valence-corrected chi connectivity index (χ1v) is 9.33. The minimum absolute atomic E-state index is 0.0852. The Bertz CT molecular complexity index is 983. The van der Waals surface area contributed by atoms with Crippen molar-refractivity contribution in [2.24, 2.45) is 5.92 Å². The Labute approximate surface area is 158 Å². The van der Waals surface area contributed by atoms with E-state index in [0.717, 1.165) is 18.5 Å². The van der Waals surface area contributed by atoms with Gasteiger partial charge in [-0.3, -0.25) is 4.79 Å². The number of carbonyl (C=O) groups excluding carboxylic acids is 1. The highest BCUT2D eigenvalue weighted by molar-refractivity contribution is 5.94. The molecule has 1 saturated carbocycles. The van der Waals surface area contributed by atoms with E-state index in [1.807, 2.05) is 36.5 Å². The van der Waals surface area contributed by atoms with E-state index in [0.29, 0.717) is 22.8 Å². The molecule has 1 aliphatic rings. The SMILES string of the molecule is [C-]#[N+]c1cnn2cc([C@@H](NC(=O)c3ccccc3)C3CCCCC3)nc2c1. The molecule has 27 heavy (non-hydrogen) atoms. The molecule has 1 amide bonds. The molecule has 1 fully saturated rings. The Kier molecular flexibility index (Phi) is 4.84. The van der Waals surface area contributed by atoms with Crippen LogP contribution in [0.3, 0.4) is 0 Å². The summed E-state index contributed by atoms with van der Waals surface area (Å²) in [6.45, 7) is 7.15. The minimum Gasteiger partial charge on any atom is -0.343 e. The number of nitrogens with one attached hydrogen (secondary N) is 1. The third-order valence-electron chi connectivity index (χ3n) is 5.22. The normalized spacial score (nSPS) is 16.0. The Morgan fingerprint density at radius 1 is 1.22 bits per heavy atom. The van der Waals surface area contributed by atoms with Crippen LogP contribution in [0.2, 0.25) is 0 Å². The molecule has 0 aliphatic heterocycles. The molecular weight excluding hydrogens is 338 g/mol. The molecule has 6 nitrogen and oxygen atoms in total. The van der Waals surface area contributed by atoms with Gasteiger partial charge in [0.25, 0.3) is 5.91 Å². The van der Waals surface area contributed by atoms with Gasteiger partial charge in [0, 0.05) is 5.56 Å². The van der Waals surface area contributed by atoms with Crippen LogP contribution in [0.4, 0.5) is 5.69 Å². The molecule has 136 valence electrons. The largest absolute Gasteiger partial charge is 0.343 e. The molecule has 2 aromatic heterocycles. The predicted molar refractivity (Wildman–Crippen MR) is 102 cm³/mol. The molecule has 6 heteroatoms. The fourth-order valence-corrected chi connectivity index (χ4v) is 3.81. The van der Waals surface area contributed by atoms with Crippen LogP contribution in [0.1, 0.15) is 54.2 Å². The van der Waals surface area contributed by atoms with E-state index in [1.165, 1.54) is 25.5 Å². The molecule has 1 aromatic carbocycles. The Balaban J connectivity index is 1.67. The van der Waals surface area contributed by atoms with Crippen LogP contribution in [0, 0.1) is 12.5 Å². The molecule has 0 radical (unpaired) electrons. The van der Waals surface area contributed by atoms with Crippen molar-refractivity contribution in [3.63, 3.8) is 0 Å². The monoisotopic (exact) mass is 359 g/mol. The molecule has 0 unspecified atom stereocenters. The second-order valence-corrected chi connectivity index (χ2v) is 7.01. The first-order valence-electron chi connectivity index (χ1n) is 9.33. The van der Waals surface area contributed by atoms with Gasteiger partial charge < -0.3 is 5.32 Å². The van der Waals surface area contributed by atoms with Gasteiger partial charge in [0.15, 0.2) is 0 Å². The number of carbonyl (C=O) groups is 1. The summed E-state index contributed by atoms with van der Waals surface area (Å²) in [6, 6.07) is 10.8. The lowest BCUT2D eigenvalue weighted by Gasteiger charge is -2.29. The lowest BCUT2D eigenvalue weighted by atomic mass is 9.82. The van der Waals surface area contributed by atoms with E-state index in [1.54, 1.807) is 10.6 Å². The van der Waals surface area contributed by atoms with Crippen molar-refractivity contribution in [3.05, 3.63) is 71.5 Å². The zero-order chi connectivity index (χ0) is 18.6. The molecule has 1 atom stereocenters. The van der Waals surface area contributed by atoms with Crippen molar-refractivity contribution in [2.75, 3.05) is 0 Å². The fourth-order valence-electron chi connectivity index (χ4n) is 3.81. The van der Waals surface area contributed by atoms with Crippen molar-refractivity contribution >= 4 is 17.2 Å². The molecule has 0 bridgehead atoms. The van der Waals surface area contributed by atoms with E-state index in [2.05, 4.69) is 20.2 Å². The number of benzene rings is 1. The number of amides is 1. The van der Waals surface area contributed by atoms with Gasteiger partial charge in [-0.1, -0.05) is 37.5 Å². The van der Waals surface area contributed by atoms with E-state index in [-0.39, 0.29) is 11.9 Å². The summed E-state index contributed by atoms with van der Waals surface area (Å²) in [5, 5.41) is 7.47. The van der Waals surface area contributed by atoms with Crippen LogP contribution >= 0.6 is 0 Å². The number of rotatable bonds is 4. The summed E-state index contributed by atoms with van der Waals surface area (Å²) in [5.41, 5.74) is 2.55. The molecule has 3 aromatic rings. The zero-order valence-electron chi connectivity index (χ0n) is 15.0. The smallest absolute Gasteiger partial charge is 0.251 e. The summed E-state index contributed by atoms with van der Waals surface area (Å²) in [7, 11) is 0. The van der Waals surface area contributed by atoms with Crippen molar-refractivity contribution in [3.8, 4) is 0 Å². The van der Waals surface area contributed by atoms with Gasteiger partial charge in [-0.05, 0) is 37.0 Å². The number of aromatic nitrogens is 3. The summed E-state index contributed by atoms with van der Waals surface area (Å²) in [6.07, 6.45) is 9.16. The maximum absolute atomic E-state index is 12.8. The Morgan fingerprint density at radius 2 is 2.00 bits per heavy atom. The Hall–Kier alpha value is -3.20. The van der Waals surface area contributed by atoms with Crippen molar-refractivity contribution in [2.45, 2.75) is 38.1 Å². The summed E-state index contributed by atoms with van der Waals surface area (Å²) < 4.78 is 1.68. The number of nitrogens with zero attached hydrogens (tertiary/aromatic N) is 4. The number of hydrogen-bond donors (Lipinski definition) is 1. The molecule has 0 saturated heterocycles. The molecule has 1 aliphatic carbocycles. The highest BCUT2D eigenvalue weighted by atomic mass is 16.1. The maximum atomic E-state index is 12.8. The van der Waals surface area contributed by atoms with Crippen LogP contribution in [0.5, 0.6) is 0 Å². The van der Waals surface area contributed by atoms with Crippen LogP contribution < -0.4 is 5.32 Å². The average Bonchev–Trinajstić information content (AvgIpc) is 3.16. The van der Waals surface area contributed by atoms with Gasteiger partial charge in [-0.15, -0.1) is 0 Å². The van der Waals surface area contributed by atoms with Crippen LogP contribution in [-0.4, -0.2) is 20.5 Å². The second kappa shape index (κ2) is 7.58. The van der Waals surface area contributed by atoms with Crippen molar-refractivity contribution < 1.29 is 4.79 Å². The average molecular weight is 359 g/mol. The molecule has 4 rings (SSSR count). The third kappa shape index (κ3) is 3.68. The lowest BCUT2D eigenvalue weighted by molar-refractivity contribution is 0.0911. The number of imidazole rings is 1. The van der Waals surface area contributed by atoms with Crippen LogP contribution in [-0.2, 0) is 0 Å². The van der Waals surface area contributed by atoms with E-state index < -0.39 is 0 Å². The van der Waals surface area contributed by atoms with E-state index >= 15 is 0 Å². The first kappa shape index (κ1) is 17.2. The third-order valence-corrected chi connectivity index (χ3v) is 5.22. The van der Waals surface area contributed by atoms with Gasteiger partial charge in [0.05, 0.1) is 30.7 Å². The van der Waals surface area contributed by atoms with Gasteiger partial charge in [0.1, 0.15) is 5.65 Å². The second-order valence-electron chi connectivity index (χ2n) is 7.01. The number of hydrogen-bond acceptors (Lipinski definition) is 3. The predicted octanol–water partition coefficient (Wildman–Crippen LogP) is 4.33. The maximum Gasteiger partial charge on any atom is 0.251 e. The van der Waals surface area contributed by atoms with Gasteiger partial charge in [-0.25, -0.2) is 14.3 Å². The Morgan fingerprint density at radius 3 is 2.74 bits per heavy atom. The standard InChI is InChI=1S/C21H21N5O/c1-22-17-12-19-24-18(14-26(19)23-13-17)20(15-8-4-2-5-9-15)25-21(27)16-10-6-3-7-11-16/h3,6-7,10-15,20H,2,4-5,8-9H2,(H,25,27)/t20-/m0/s1. The summed E-state index contributed by atoms with van der Waals surface area (Å²) in [5.74, 6) is 0.273. The van der Waals surface area contributed by atoms with E-state index in [9.17, 15) is 4.79 Å². The van der Waals surface area contributed by atoms with Gasteiger partial charge in [0.2, 0.25) is 5.69 Å². The molecular formula is C21H21N5O. The summed E-state index contributed by atoms with van der Waals surface area (Å²) in [4.78, 5) is 20.9. The van der Waals surface area contributed by atoms with Crippen molar-refractivity contribution in [1.29, 1.82) is 0 Å². The highest BCUT2D eigenvalue weighted by Gasteiger charge is 2.29. The highest BCUT2D eigenvalue weighted by Crippen LogP contribution is 2.34. The van der Waals surface area contributed by atoms with Crippen molar-refractivity contribution in [1.82, 2.24) is 19.9 Å². The lowest BCUT2D eigenvalue weighted by Crippen LogP contribution is -2.34. The minimum atomic E-state index is -0.156. The summed E-state index contributed by atoms with van der Waals surface area (Å²) >= 11 is 0. The van der Waals surface area contributed by atoms with Gasteiger partial charge >= 0.3 is 0 Å².